The van der Waals surface area contributed by atoms with Gasteiger partial charge in [-0.15, -0.1) is 0 Å². The molecule has 1 saturated heterocycles. The Bertz CT molecular complexity index is 122. The minimum absolute atomic E-state index is 0.192. The van der Waals surface area contributed by atoms with Gasteiger partial charge in [0, 0.05) is 19.6 Å². The van der Waals surface area contributed by atoms with Gasteiger partial charge in [0.2, 0.25) is 0 Å². The third-order valence-electron chi connectivity index (χ3n) is 2.32. The van der Waals surface area contributed by atoms with Gasteiger partial charge in [-0.2, -0.15) is 0 Å². The maximum atomic E-state index is 9.60. The number of aliphatic hydroxyl groups excluding tert-OH is 1. The van der Waals surface area contributed by atoms with E-state index in [-0.39, 0.29) is 6.10 Å². The first-order valence-electron chi connectivity index (χ1n) is 4.68. The highest BCUT2D eigenvalue weighted by atomic mass is 16.5. The summed E-state index contributed by atoms with van der Waals surface area (Å²) in [6.07, 6.45) is -0.192. The zero-order chi connectivity index (χ0) is 8.97. The summed E-state index contributed by atoms with van der Waals surface area (Å²) in [6, 6.07) is 0. The predicted molar refractivity (Wildman–Crippen MR) is 48.1 cm³/mol. The molecule has 1 heterocycles. The molecule has 3 nitrogen and oxygen atoms in total. The van der Waals surface area contributed by atoms with Crippen LogP contribution in [0.25, 0.3) is 0 Å². The molecule has 0 saturated carbocycles. The van der Waals surface area contributed by atoms with Crippen molar-refractivity contribution in [2.75, 3.05) is 32.8 Å². The molecule has 0 radical (unpaired) electrons. The van der Waals surface area contributed by atoms with Gasteiger partial charge in [-0.1, -0.05) is 13.8 Å². The van der Waals surface area contributed by atoms with Crippen molar-refractivity contribution in [1.29, 1.82) is 0 Å². The number of ether oxygens (including phenoxy) is 1. The lowest BCUT2D eigenvalue weighted by atomic mass is 10.1. The number of nitrogens with zero attached hydrogens (tertiary/aromatic N) is 1. The van der Waals surface area contributed by atoms with Gasteiger partial charge in [-0.3, -0.25) is 4.90 Å². The Morgan fingerprint density at radius 3 is 2.42 bits per heavy atom. The SMILES string of the molecule is CC(C)C(O)CN1CCOCC1. The highest BCUT2D eigenvalue weighted by molar-refractivity contribution is 4.69. The largest absolute Gasteiger partial charge is 0.392 e. The van der Waals surface area contributed by atoms with Crippen molar-refractivity contribution in [1.82, 2.24) is 4.90 Å². The van der Waals surface area contributed by atoms with Gasteiger partial charge in [-0.25, -0.2) is 0 Å². The number of morpholine rings is 1. The van der Waals surface area contributed by atoms with Crippen molar-refractivity contribution >= 4 is 0 Å². The maximum Gasteiger partial charge on any atom is 0.0690 e. The summed E-state index contributed by atoms with van der Waals surface area (Å²) < 4.78 is 5.22. The van der Waals surface area contributed by atoms with E-state index in [4.69, 9.17) is 4.74 Å². The minimum atomic E-state index is -0.192. The fourth-order valence-corrected chi connectivity index (χ4v) is 1.26. The standard InChI is InChI=1S/C9H19NO2/c1-8(2)9(11)7-10-3-5-12-6-4-10/h8-9,11H,3-7H2,1-2H3. The Balaban J connectivity index is 2.20. The van der Waals surface area contributed by atoms with Crippen LogP contribution in [0, 0.1) is 5.92 Å². The van der Waals surface area contributed by atoms with Gasteiger partial charge in [0.1, 0.15) is 0 Å². The predicted octanol–water partition coefficient (Wildman–Crippen LogP) is 0.335. The van der Waals surface area contributed by atoms with E-state index in [1.54, 1.807) is 0 Å². The molecule has 0 amide bonds. The zero-order valence-electron chi connectivity index (χ0n) is 7.99. The van der Waals surface area contributed by atoms with Gasteiger partial charge < -0.3 is 9.84 Å². The van der Waals surface area contributed by atoms with Crippen molar-refractivity contribution < 1.29 is 9.84 Å². The highest BCUT2D eigenvalue weighted by Gasteiger charge is 2.16. The summed E-state index contributed by atoms with van der Waals surface area (Å²) >= 11 is 0. The molecule has 0 bridgehead atoms. The van der Waals surface area contributed by atoms with E-state index < -0.39 is 0 Å². The number of β-amino-alcohol motifs (C(OH)–C–C–N with tert-alkyl or cyclic N) is 1. The number of hydrogen-bond acceptors (Lipinski definition) is 3. The second-order valence-corrected chi connectivity index (χ2v) is 3.72. The molecule has 1 aliphatic heterocycles. The van der Waals surface area contributed by atoms with Crippen LogP contribution < -0.4 is 0 Å². The highest BCUT2D eigenvalue weighted by Crippen LogP contribution is 2.05. The molecule has 1 unspecified atom stereocenters. The number of aliphatic hydroxyl groups is 1. The number of hydrogen-bond donors (Lipinski definition) is 1. The van der Waals surface area contributed by atoms with Crippen LogP contribution in [0.2, 0.25) is 0 Å². The van der Waals surface area contributed by atoms with Crippen molar-refractivity contribution in [2.45, 2.75) is 20.0 Å². The molecular formula is C9H19NO2. The van der Waals surface area contributed by atoms with Crippen LogP contribution in [-0.4, -0.2) is 49.0 Å². The maximum absolute atomic E-state index is 9.60. The summed E-state index contributed by atoms with van der Waals surface area (Å²) in [6.45, 7) is 8.43. The monoisotopic (exact) mass is 173 g/mol. The van der Waals surface area contributed by atoms with Crippen molar-refractivity contribution in [3.05, 3.63) is 0 Å². The average Bonchev–Trinajstić information content (AvgIpc) is 2.06. The van der Waals surface area contributed by atoms with E-state index in [9.17, 15) is 5.11 Å². The van der Waals surface area contributed by atoms with Crippen molar-refractivity contribution in [3.8, 4) is 0 Å². The van der Waals surface area contributed by atoms with E-state index in [1.165, 1.54) is 0 Å². The molecule has 1 rings (SSSR count). The Kier molecular flexibility index (Phi) is 3.98. The molecule has 1 N–H and O–H groups in total. The first kappa shape index (κ1) is 9.96. The topological polar surface area (TPSA) is 32.7 Å². The van der Waals surface area contributed by atoms with E-state index in [2.05, 4.69) is 4.90 Å². The molecule has 0 aliphatic carbocycles. The van der Waals surface area contributed by atoms with Crippen LogP contribution in [0.4, 0.5) is 0 Å². The lowest BCUT2D eigenvalue weighted by Crippen LogP contribution is -2.42. The third kappa shape index (κ3) is 3.09. The first-order chi connectivity index (χ1) is 5.70. The summed E-state index contributed by atoms with van der Waals surface area (Å²) in [5.74, 6) is 0.354. The van der Waals surface area contributed by atoms with Crippen LogP contribution >= 0.6 is 0 Å². The first-order valence-corrected chi connectivity index (χ1v) is 4.68. The van der Waals surface area contributed by atoms with Crippen LogP contribution in [-0.2, 0) is 4.74 Å². The van der Waals surface area contributed by atoms with E-state index in [0.717, 1.165) is 32.8 Å². The van der Waals surface area contributed by atoms with E-state index in [1.807, 2.05) is 13.8 Å². The fraction of sp³-hybridized carbons (Fsp3) is 1.00. The molecule has 72 valence electrons. The smallest absolute Gasteiger partial charge is 0.0690 e. The van der Waals surface area contributed by atoms with Crippen LogP contribution in [0.3, 0.4) is 0 Å². The molecule has 0 aromatic rings. The molecule has 12 heavy (non-hydrogen) atoms. The quantitative estimate of drug-likeness (QED) is 0.668. The van der Waals surface area contributed by atoms with Gasteiger partial charge in [0.15, 0.2) is 0 Å². The molecule has 0 spiro atoms. The van der Waals surface area contributed by atoms with Gasteiger partial charge in [0.25, 0.3) is 0 Å². The molecular weight excluding hydrogens is 154 g/mol. The van der Waals surface area contributed by atoms with Crippen molar-refractivity contribution in [3.63, 3.8) is 0 Å². The van der Waals surface area contributed by atoms with Crippen LogP contribution in [0.15, 0.2) is 0 Å². The molecule has 0 aromatic carbocycles. The summed E-state index contributed by atoms with van der Waals surface area (Å²) in [4.78, 5) is 2.26. The summed E-state index contributed by atoms with van der Waals surface area (Å²) in [5, 5.41) is 9.60. The van der Waals surface area contributed by atoms with Crippen LogP contribution in [0.1, 0.15) is 13.8 Å². The summed E-state index contributed by atoms with van der Waals surface area (Å²) in [5.41, 5.74) is 0. The molecule has 1 aliphatic rings. The normalized spacial score (nSPS) is 23.0. The molecule has 3 heteroatoms. The zero-order valence-corrected chi connectivity index (χ0v) is 7.99. The summed E-state index contributed by atoms with van der Waals surface area (Å²) in [7, 11) is 0. The van der Waals surface area contributed by atoms with Crippen LogP contribution in [0.5, 0.6) is 0 Å². The Morgan fingerprint density at radius 1 is 1.33 bits per heavy atom. The molecule has 0 aromatic heterocycles. The van der Waals surface area contributed by atoms with Gasteiger partial charge in [-0.05, 0) is 5.92 Å². The average molecular weight is 173 g/mol. The Labute approximate surface area is 74.3 Å². The minimum Gasteiger partial charge on any atom is -0.392 e. The third-order valence-corrected chi connectivity index (χ3v) is 2.32. The van der Waals surface area contributed by atoms with Gasteiger partial charge >= 0.3 is 0 Å². The fourth-order valence-electron chi connectivity index (χ4n) is 1.26. The number of rotatable bonds is 3. The second-order valence-electron chi connectivity index (χ2n) is 3.72. The molecule has 1 fully saturated rings. The lowest BCUT2D eigenvalue weighted by Gasteiger charge is -2.29. The second kappa shape index (κ2) is 4.80. The Morgan fingerprint density at radius 2 is 1.92 bits per heavy atom. The van der Waals surface area contributed by atoms with Gasteiger partial charge in [0.05, 0.1) is 19.3 Å². The van der Waals surface area contributed by atoms with Crippen molar-refractivity contribution in [2.24, 2.45) is 5.92 Å². The Hall–Kier alpha value is -0.120. The van der Waals surface area contributed by atoms with E-state index >= 15 is 0 Å². The lowest BCUT2D eigenvalue weighted by molar-refractivity contribution is 0.00494. The van der Waals surface area contributed by atoms with E-state index in [0.29, 0.717) is 5.92 Å². The molecule has 1 atom stereocenters.